The summed E-state index contributed by atoms with van der Waals surface area (Å²) < 4.78 is 15.8. The van der Waals surface area contributed by atoms with Gasteiger partial charge in [0.15, 0.2) is 0 Å². The summed E-state index contributed by atoms with van der Waals surface area (Å²) in [4.78, 5) is 16.4. The van der Waals surface area contributed by atoms with Gasteiger partial charge >= 0.3 is 0 Å². The molecule has 140 valence electrons. The molecule has 1 N–H and O–H groups in total. The molecule has 7 heteroatoms. The highest BCUT2D eigenvalue weighted by molar-refractivity contribution is 5.77. The molecule has 0 spiro atoms. The van der Waals surface area contributed by atoms with E-state index in [0.717, 1.165) is 16.9 Å². The number of nitrogens with zero attached hydrogens (tertiary/aromatic N) is 2. The zero-order chi connectivity index (χ0) is 19.1. The van der Waals surface area contributed by atoms with Crippen molar-refractivity contribution in [1.29, 1.82) is 0 Å². The van der Waals surface area contributed by atoms with Gasteiger partial charge in [0.05, 0.1) is 13.7 Å². The summed E-state index contributed by atoms with van der Waals surface area (Å²) in [5.41, 5.74) is 1.81. The molecule has 0 bridgehead atoms. The summed E-state index contributed by atoms with van der Waals surface area (Å²) in [6.45, 7) is 2.12. The van der Waals surface area contributed by atoms with Crippen molar-refractivity contribution in [3.8, 4) is 17.1 Å². The molecule has 3 aromatic rings. The van der Waals surface area contributed by atoms with Gasteiger partial charge in [-0.3, -0.25) is 4.79 Å². The zero-order valence-corrected chi connectivity index (χ0v) is 15.2. The summed E-state index contributed by atoms with van der Waals surface area (Å²) in [5, 5.41) is 6.75. The molecule has 0 aliphatic rings. The first-order chi connectivity index (χ1) is 13.2. The Labute approximate surface area is 157 Å². The van der Waals surface area contributed by atoms with E-state index in [1.165, 1.54) is 0 Å². The number of carbonyl (C=O) groups excluding carboxylic acids is 1. The molecule has 7 nitrogen and oxygen atoms in total. The lowest BCUT2D eigenvalue weighted by atomic mass is 10.2. The molecule has 27 heavy (non-hydrogen) atoms. The second kappa shape index (κ2) is 8.95. The number of amides is 1. The first-order valence-corrected chi connectivity index (χ1v) is 8.55. The third-order valence-corrected chi connectivity index (χ3v) is 3.88. The van der Waals surface area contributed by atoms with Crippen LogP contribution in [0.2, 0.25) is 0 Å². The summed E-state index contributed by atoms with van der Waals surface area (Å²) >= 11 is 0. The summed E-state index contributed by atoms with van der Waals surface area (Å²) in [7, 11) is 1.61. The highest BCUT2D eigenvalue weighted by Crippen LogP contribution is 2.21. The monoisotopic (exact) mass is 367 g/mol. The highest BCUT2D eigenvalue weighted by Gasteiger charge is 2.17. The van der Waals surface area contributed by atoms with Gasteiger partial charge in [0.1, 0.15) is 18.4 Å². The summed E-state index contributed by atoms with van der Waals surface area (Å²) in [5.74, 6) is 1.28. The van der Waals surface area contributed by atoms with E-state index in [0.29, 0.717) is 18.3 Å². The Morgan fingerprint density at radius 3 is 2.59 bits per heavy atom. The van der Waals surface area contributed by atoms with E-state index in [-0.39, 0.29) is 12.5 Å². The Morgan fingerprint density at radius 2 is 1.89 bits per heavy atom. The van der Waals surface area contributed by atoms with Crippen molar-refractivity contribution in [1.82, 2.24) is 15.5 Å². The van der Waals surface area contributed by atoms with Crippen LogP contribution in [0.3, 0.4) is 0 Å². The number of hydrogen-bond acceptors (Lipinski definition) is 6. The van der Waals surface area contributed by atoms with Crippen LogP contribution in [0.5, 0.6) is 5.75 Å². The second-order valence-corrected chi connectivity index (χ2v) is 5.95. The third-order valence-electron chi connectivity index (χ3n) is 3.88. The number of carbonyl (C=O) groups is 1. The quantitative estimate of drug-likeness (QED) is 0.658. The molecule has 1 aromatic heterocycles. The van der Waals surface area contributed by atoms with E-state index < -0.39 is 6.04 Å². The van der Waals surface area contributed by atoms with Gasteiger partial charge in [-0.1, -0.05) is 35.5 Å². The van der Waals surface area contributed by atoms with Gasteiger partial charge in [-0.15, -0.1) is 0 Å². The van der Waals surface area contributed by atoms with Crippen molar-refractivity contribution in [3.05, 3.63) is 66.1 Å². The Hall–Kier alpha value is -3.19. The molecule has 1 amide bonds. The van der Waals surface area contributed by atoms with Gasteiger partial charge in [-0.2, -0.15) is 4.98 Å². The first-order valence-electron chi connectivity index (χ1n) is 8.55. The molecule has 0 fully saturated rings. The smallest absolute Gasteiger partial charge is 0.249 e. The van der Waals surface area contributed by atoms with Crippen LogP contribution in [0.1, 0.15) is 24.4 Å². The van der Waals surface area contributed by atoms with E-state index in [2.05, 4.69) is 15.5 Å². The number of rotatable bonds is 8. The Kier molecular flexibility index (Phi) is 6.17. The van der Waals surface area contributed by atoms with Crippen LogP contribution in [-0.2, 0) is 16.1 Å². The molecular formula is C20H21N3O4. The number of hydrogen-bond donors (Lipinski definition) is 1. The van der Waals surface area contributed by atoms with E-state index in [1.54, 1.807) is 14.0 Å². The van der Waals surface area contributed by atoms with Crippen LogP contribution < -0.4 is 10.1 Å². The van der Waals surface area contributed by atoms with Crippen molar-refractivity contribution in [2.75, 3.05) is 13.7 Å². The van der Waals surface area contributed by atoms with E-state index >= 15 is 0 Å². The molecule has 1 heterocycles. The van der Waals surface area contributed by atoms with Crippen LogP contribution in [0, 0.1) is 0 Å². The fourth-order valence-corrected chi connectivity index (χ4v) is 2.45. The van der Waals surface area contributed by atoms with Crippen LogP contribution >= 0.6 is 0 Å². The lowest BCUT2D eigenvalue weighted by Gasteiger charge is -2.10. The van der Waals surface area contributed by atoms with Gasteiger partial charge in [0.25, 0.3) is 0 Å². The average Bonchev–Trinajstić information content (AvgIpc) is 3.19. The van der Waals surface area contributed by atoms with Gasteiger partial charge in [-0.25, -0.2) is 0 Å². The Bertz CT molecular complexity index is 862. The minimum absolute atomic E-state index is 0.0429. The lowest BCUT2D eigenvalue weighted by Crippen LogP contribution is -2.30. The molecular weight excluding hydrogens is 346 g/mol. The minimum Gasteiger partial charge on any atom is -0.497 e. The Morgan fingerprint density at radius 1 is 1.15 bits per heavy atom. The number of benzene rings is 2. The maximum absolute atomic E-state index is 12.0. The van der Waals surface area contributed by atoms with Crippen molar-refractivity contribution >= 4 is 5.91 Å². The average molecular weight is 367 g/mol. The molecule has 2 aromatic carbocycles. The molecule has 0 saturated heterocycles. The van der Waals surface area contributed by atoms with Gasteiger partial charge < -0.3 is 19.3 Å². The van der Waals surface area contributed by atoms with Crippen molar-refractivity contribution in [3.63, 3.8) is 0 Å². The predicted molar refractivity (Wildman–Crippen MR) is 98.9 cm³/mol. The maximum Gasteiger partial charge on any atom is 0.249 e. The topological polar surface area (TPSA) is 86.5 Å². The minimum atomic E-state index is -0.419. The van der Waals surface area contributed by atoms with E-state index in [1.807, 2.05) is 54.6 Å². The largest absolute Gasteiger partial charge is 0.497 e. The molecule has 0 aliphatic carbocycles. The number of methoxy groups -OCH3 is 1. The standard InChI is InChI=1S/C20H21N3O4/c1-14(21-18(24)13-26-12-15-6-4-3-5-7-15)20-22-19(23-27-20)16-8-10-17(25-2)11-9-16/h3-11,14H,12-13H2,1-2H3,(H,21,24)/t14-/m0/s1. The van der Waals surface area contributed by atoms with Crippen molar-refractivity contribution in [2.45, 2.75) is 19.6 Å². The van der Waals surface area contributed by atoms with Gasteiger partial charge in [0.2, 0.25) is 17.6 Å². The lowest BCUT2D eigenvalue weighted by molar-refractivity contribution is -0.126. The fraction of sp³-hybridized carbons (Fsp3) is 0.250. The SMILES string of the molecule is COc1ccc(-c2noc([C@H](C)NC(=O)COCc3ccccc3)n2)cc1. The molecule has 0 aliphatic heterocycles. The Balaban J connectivity index is 1.51. The van der Waals surface area contributed by atoms with Crippen LogP contribution in [0.25, 0.3) is 11.4 Å². The zero-order valence-electron chi connectivity index (χ0n) is 15.2. The maximum atomic E-state index is 12.0. The van der Waals surface area contributed by atoms with E-state index in [4.69, 9.17) is 14.0 Å². The second-order valence-electron chi connectivity index (χ2n) is 5.95. The van der Waals surface area contributed by atoms with Gasteiger partial charge in [-0.05, 0) is 36.8 Å². The van der Waals surface area contributed by atoms with Gasteiger partial charge in [0, 0.05) is 5.56 Å². The number of aromatic nitrogens is 2. The van der Waals surface area contributed by atoms with E-state index in [9.17, 15) is 4.79 Å². The van der Waals surface area contributed by atoms with Crippen molar-refractivity contribution < 1.29 is 18.8 Å². The van der Waals surface area contributed by atoms with Crippen LogP contribution in [-0.4, -0.2) is 29.8 Å². The molecule has 0 saturated carbocycles. The number of ether oxygens (including phenoxy) is 2. The molecule has 1 atom stereocenters. The van der Waals surface area contributed by atoms with Crippen LogP contribution in [0.4, 0.5) is 0 Å². The highest BCUT2D eigenvalue weighted by atomic mass is 16.5. The fourth-order valence-electron chi connectivity index (χ4n) is 2.45. The number of nitrogens with one attached hydrogen (secondary N) is 1. The third kappa shape index (κ3) is 5.15. The van der Waals surface area contributed by atoms with Crippen LogP contribution in [0.15, 0.2) is 59.1 Å². The molecule has 3 rings (SSSR count). The molecule has 0 radical (unpaired) electrons. The normalized spacial score (nSPS) is 11.8. The predicted octanol–water partition coefficient (Wildman–Crippen LogP) is 3.14. The van der Waals surface area contributed by atoms with Crippen molar-refractivity contribution in [2.24, 2.45) is 0 Å². The first kappa shape index (κ1) is 18.6. The summed E-state index contributed by atoms with van der Waals surface area (Å²) in [6, 6.07) is 16.6. The molecule has 0 unspecified atom stereocenters. The summed E-state index contributed by atoms with van der Waals surface area (Å²) in [6.07, 6.45) is 0.